The maximum absolute atomic E-state index is 13.6. The van der Waals surface area contributed by atoms with Crippen molar-refractivity contribution >= 4 is 10.0 Å². The fourth-order valence-corrected chi connectivity index (χ4v) is 3.58. The summed E-state index contributed by atoms with van der Waals surface area (Å²) in [4.78, 5) is -0.560. The Morgan fingerprint density at radius 2 is 2.05 bits per heavy atom. The Hall–Kier alpha value is -1.05. The second-order valence-electron chi connectivity index (χ2n) is 4.77. The summed E-state index contributed by atoms with van der Waals surface area (Å²) in [5, 5.41) is 9.71. The number of β-amino-alcohol motifs (C(OH)–C–C–N with tert-alkyl or cyclic N) is 1. The van der Waals surface area contributed by atoms with Crippen molar-refractivity contribution in [2.24, 2.45) is 5.92 Å². The SMILES string of the molecule is CC1CCN(S(=O)(=O)c2ccc(F)cc2F)CC1O. The van der Waals surface area contributed by atoms with Crippen molar-refractivity contribution in [2.75, 3.05) is 13.1 Å². The van der Waals surface area contributed by atoms with E-state index in [0.717, 1.165) is 16.4 Å². The van der Waals surface area contributed by atoms with Crippen LogP contribution in [0.1, 0.15) is 13.3 Å². The van der Waals surface area contributed by atoms with Crippen LogP contribution in [-0.4, -0.2) is 37.0 Å². The number of hydrogen-bond donors (Lipinski definition) is 1. The van der Waals surface area contributed by atoms with Crippen LogP contribution in [0, 0.1) is 17.6 Å². The highest BCUT2D eigenvalue weighted by Crippen LogP contribution is 2.25. The van der Waals surface area contributed by atoms with Gasteiger partial charge in [-0.25, -0.2) is 17.2 Å². The first-order valence-corrected chi connectivity index (χ1v) is 7.39. The summed E-state index contributed by atoms with van der Waals surface area (Å²) in [6.07, 6.45) is -0.268. The van der Waals surface area contributed by atoms with Gasteiger partial charge in [0.05, 0.1) is 6.10 Å². The van der Waals surface area contributed by atoms with Crippen LogP contribution in [0.5, 0.6) is 0 Å². The molecule has 1 aliphatic rings. The smallest absolute Gasteiger partial charge is 0.246 e. The zero-order chi connectivity index (χ0) is 14.2. The third-order valence-electron chi connectivity index (χ3n) is 3.39. The lowest BCUT2D eigenvalue weighted by Crippen LogP contribution is -2.45. The van der Waals surface area contributed by atoms with Crippen molar-refractivity contribution in [3.05, 3.63) is 29.8 Å². The lowest BCUT2D eigenvalue weighted by atomic mass is 9.98. The van der Waals surface area contributed by atoms with E-state index in [9.17, 15) is 22.3 Å². The first-order chi connectivity index (χ1) is 8.82. The average Bonchev–Trinajstić information content (AvgIpc) is 2.32. The molecular weight excluding hydrogens is 276 g/mol. The highest BCUT2D eigenvalue weighted by molar-refractivity contribution is 7.89. The number of hydrogen-bond acceptors (Lipinski definition) is 3. The first kappa shape index (κ1) is 14.4. The van der Waals surface area contributed by atoms with E-state index >= 15 is 0 Å². The summed E-state index contributed by atoms with van der Waals surface area (Å²) in [7, 11) is -4.03. The second-order valence-corrected chi connectivity index (χ2v) is 6.68. The molecule has 0 aliphatic carbocycles. The van der Waals surface area contributed by atoms with Gasteiger partial charge in [-0.05, 0) is 24.5 Å². The molecule has 1 N–H and O–H groups in total. The monoisotopic (exact) mass is 291 g/mol. The molecule has 0 radical (unpaired) electrons. The largest absolute Gasteiger partial charge is 0.391 e. The van der Waals surface area contributed by atoms with Crippen molar-refractivity contribution < 1.29 is 22.3 Å². The number of nitrogens with zero attached hydrogens (tertiary/aromatic N) is 1. The average molecular weight is 291 g/mol. The van der Waals surface area contributed by atoms with Gasteiger partial charge in [-0.1, -0.05) is 6.92 Å². The second kappa shape index (κ2) is 5.15. The molecule has 0 aromatic heterocycles. The van der Waals surface area contributed by atoms with Crippen LogP contribution in [0.25, 0.3) is 0 Å². The van der Waals surface area contributed by atoms with E-state index in [2.05, 4.69) is 0 Å². The molecule has 2 atom stereocenters. The van der Waals surface area contributed by atoms with Gasteiger partial charge in [-0.2, -0.15) is 4.31 Å². The van der Waals surface area contributed by atoms with Crippen molar-refractivity contribution in [1.82, 2.24) is 4.31 Å². The van der Waals surface area contributed by atoms with E-state index < -0.39 is 32.7 Å². The standard InChI is InChI=1S/C12H15F2NO3S/c1-8-4-5-15(7-11(8)16)19(17,18)12-3-2-9(13)6-10(12)14/h2-3,6,8,11,16H,4-5,7H2,1H3. The molecule has 1 heterocycles. The molecule has 1 fully saturated rings. The molecule has 1 aromatic rings. The number of halogens is 2. The number of aliphatic hydroxyl groups is 1. The topological polar surface area (TPSA) is 57.6 Å². The van der Waals surface area contributed by atoms with E-state index in [1.165, 1.54) is 0 Å². The summed E-state index contributed by atoms with van der Waals surface area (Å²) < 4.78 is 51.9. The van der Waals surface area contributed by atoms with Crippen LogP contribution in [0.15, 0.2) is 23.1 Å². The molecule has 1 aromatic carbocycles. The number of piperidine rings is 1. The summed E-state index contributed by atoms with van der Waals surface area (Å²) in [5.41, 5.74) is 0. The molecule has 0 amide bonds. The van der Waals surface area contributed by atoms with Crippen molar-refractivity contribution in [1.29, 1.82) is 0 Å². The lowest BCUT2D eigenvalue weighted by Gasteiger charge is -2.33. The summed E-state index contributed by atoms with van der Waals surface area (Å²) in [6.45, 7) is 1.98. The van der Waals surface area contributed by atoms with Gasteiger partial charge in [0, 0.05) is 19.2 Å². The fourth-order valence-electron chi connectivity index (χ4n) is 2.06. The Morgan fingerprint density at radius 3 is 2.63 bits per heavy atom. The molecule has 106 valence electrons. The zero-order valence-corrected chi connectivity index (χ0v) is 11.2. The Labute approximate surface area is 110 Å². The highest BCUT2D eigenvalue weighted by Gasteiger charge is 2.34. The van der Waals surface area contributed by atoms with Crippen LogP contribution < -0.4 is 0 Å². The maximum Gasteiger partial charge on any atom is 0.246 e. The predicted molar refractivity (Wildman–Crippen MR) is 64.9 cm³/mol. The maximum atomic E-state index is 13.6. The zero-order valence-electron chi connectivity index (χ0n) is 10.4. The van der Waals surface area contributed by atoms with E-state index in [0.29, 0.717) is 12.5 Å². The van der Waals surface area contributed by atoms with Gasteiger partial charge in [0.1, 0.15) is 16.5 Å². The Kier molecular flexibility index (Phi) is 3.89. The molecule has 1 saturated heterocycles. The Bertz CT molecular complexity index is 576. The molecule has 0 bridgehead atoms. The van der Waals surface area contributed by atoms with E-state index in [-0.39, 0.29) is 19.0 Å². The van der Waals surface area contributed by atoms with Crippen molar-refractivity contribution in [3.63, 3.8) is 0 Å². The summed E-state index contributed by atoms with van der Waals surface area (Å²) in [6, 6.07) is 2.35. The molecular formula is C12H15F2NO3S. The molecule has 19 heavy (non-hydrogen) atoms. The lowest BCUT2D eigenvalue weighted by molar-refractivity contribution is 0.0604. The highest BCUT2D eigenvalue weighted by atomic mass is 32.2. The normalized spacial score (nSPS) is 25.5. The van der Waals surface area contributed by atoms with Crippen molar-refractivity contribution in [3.8, 4) is 0 Å². The molecule has 7 heteroatoms. The molecule has 0 spiro atoms. The van der Waals surface area contributed by atoms with Crippen LogP contribution in [0.4, 0.5) is 8.78 Å². The van der Waals surface area contributed by atoms with Gasteiger partial charge >= 0.3 is 0 Å². The Balaban J connectivity index is 2.32. The van der Waals surface area contributed by atoms with Crippen molar-refractivity contribution in [2.45, 2.75) is 24.3 Å². The van der Waals surface area contributed by atoms with E-state index in [1.807, 2.05) is 6.92 Å². The van der Waals surface area contributed by atoms with Gasteiger partial charge in [-0.3, -0.25) is 0 Å². The van der Waals surface area contributed by atoms with Gasteiger partial charge in [0.15, 0.2) is 0 Å². The minimum absolute atomic E-state index is 0.00418. The van der Waals surface area contributed by atoms with E-state index in [1.54, 1.807) is 0 Å². The molecule has 2 rings (SSSR count). The third kappa shape index (κ3) is 2.77. The van der Waals surface area contributed by atoms with Gasteiger partial charge in [0.25, 0.3) is 0 Å². The third-order valence-corrected chi connectivity index (χ3v) is 5.29. The number of rotatable bonds is 2. The molecule has 4 nitrogen and oxygen atoms in total. The first-order valence-electron chi connectivity index (χ1n) is 5.95. The number of aliphatic hydroxyl groups excluding tert-OH is 1. The minimum Gasteiger partial charge on any atom is -0.391 e. The van der Waals surface area contributed by atoms with Gasteiger partial charge in [-0.15, -0.1) is 0 Å². The van der Waals surface area contributed by atoms with Crippen LogP contribution >= 0.6 is 0 Å². The summed E-state index contributed by atoms with van der Waals surface area (Å²) in [5.74, 6) is -1.94. The minimum atomic E-state index is -4.03. The molecule has 2 unspecified atom stereocenters. The number of benzene rings is 1. The Morgan fingerprint density at radius 1 is 1.37 bits per heavy atom. The summed E-state index contributed by atoms with van der Waals surface area (Å²) >= 11 is 0. The number of sulfonamides is 1. The van der Waals surface area contributed by atoms with Crippen LogP contribution in [0.2, 0.25) is 0 Å². The fraction of sp³-hybridized carbons (Fsp3) is 0.500. The molecule has 0 saturated carbocycles. The molecule has 1 aliphatic heterocycles. The quantitative estimate of drug-likeness (QED) is 0.895. The predicted octanol–water partition coefficient (Wildman–Crippen LogP) is 1.36. The van der Waals surface area contributed by atoms with E-state index in [4.69, 9.17) is 0 Å². The van der Waals surface area contributed by atoms with Crippen LogP contribution in [-0.2, 0) is 10.0 Å². The van der Waals surface area contributed by atoms with Gasteiger partial charge < -0.3 is 5.11 Å². The van der Waals surface area contributed by atoms with Gasteiger partial charge in [0.2, 0.25) is 10.0 Å². The van der Waals surface area contributed by atoms with Crippen LogP contribution in [0.3, 0.4) is 0 Å².